The Morgan fingerprint density at radius 2 is 1.76 bits per heavy atom. The first-order valence-electron chi connectivity index (χ1n) is 11.2. The van der Waals surface area contributed by atoms with Crippen LogP contribution in [0.5, 0.6) is 17.2 Å². The third-order valence-corrected chi connectivity index (χ3v) is 5.45. The van der Waals surface area contributed by atoms with E-state index in [0.717, 1.165) is 41.1 Å². The van der Waals surface area contributed by atoms with Crippen LogP contribution in [0.3, 0.4) is 0 Å². The molecule has 0 amide bonds. The summed E-state index contributed by atoms with van der Waals surface area (Å²) >= 11 is 0. The number of fused-ring (bicyclic) bond motifs is 1. The standard InChI is InChI=1S/C28H30N2O3/c1-4-8-22-13-16-26(27(19-22)31-3)33-20-28-29-24-9-5-6-10-25(24)30(28)17-7-18-32-23-14-11-21(2)12-15-23/h4-6,8-16,19H,7,17-18,20H2,1-3H3/b8-4-. The lowest BCUT2D eigenvalue weighted by molar-refractivity contribution is 0.267. The van der Waals surface area contributed by atoms with E-state index in [-0.39, 0.29) is 0 Å². The Morgan fingerprint density at radius 1 is 0.939 bits per heavy atom. The largest absolute Gasteiger partial charge is 0.494 e. The fourth-order valence-corrected chi connectivity index (χ4v) is 3.77. The smallest absolute Gasteiger partial charge is 0.161 e. The number of methoxy groups -OCH3 is 1. The number of aromatic nitrogens is 2. The van der Waals surface area contributed by atoms with Crippen molar-refractivity contribution in [3.63, 3.8) is 0 Å². The average Bonchev–Trinajstić information content (AvgIpc) is 3.19. The lowest BCUT2D eigenvalue weighted by atomic mass is 10.2. The molecule has 0 spiro atoms. The molecule has 0 radical (unpaired) electrons. The van der Waals surface area contributed by atoms with Crippen LogP contribution in [-0.4, -0.2) is 23.3 Å². The van der Waals surface area contributed by atoms with Crippen LogP contribution in [0.4, 0.5) is 0 Å². The van der Waals surface area contributed by atoms with Crippen LogP contribution >= 0.6 is 0 Å². The number of rotatable bonds is 10. The minimum absolute atomic E-state index is 0.354. The first-order valence-corrected chi connectivity index (χ1v) is 11.2. The fraction of sp³-hybridized carbons (Fsp3) is 0.250. The number of hydrogen-bond donors (Lipinski definition) is 0. The fourth-order valence-electron chi connectivity index (χ4n) is 3.77. The molecule has 4 rings (SSSR count). The van der Waals surface area contributed by atoms with E-state index in [1.165, 1.54) is 5.56 Å². The molecule has 0 fully saturated rings. The topological polar surface area (TPSA) is 45.5 Å². The maximum Gasteiger partial charge on any atom is 0.161 e. The highest BCUT2D eigenvalue weighted by Gasteiger charge is 2.13. The Labute approximate surface area is 195 Å². The van der Waals surface area contributed by atoms with Gasteiger partial charge in [0.2, 0.25) is 0 Å². The molecular formula is C28H30N2O3. The van der Waals surface area contributed by atoms with Crippen molar-refractivity contribution in [1.82, 2.24) is 9.55 Å². The number of hydrogen-bond acceptors (Lipinski definition) is 4. The van der Waals surface area contributed by atoms with E-state index in [9.17, 15) is 0 Å². The van der Waals surface area contributed by atoms with Crippen LogP contribution < -0.4 is 14.2 Å². The van der Waals surface area contributed by atoms with Gasteiger partial charge in [0, 0.05) is 6.54 Å². The zero-order chi connectivity index (χ0) is 23.0. The van der Waals surface area contributed by atoms with Gasteiger partial charge in [-0.15, -0.1) is 0 Å². The summed E-state index contributed by atoms with van der Waals surface area (Å²) in [5.41, 5.74) is 4.36. The predicted octanol–water partition coefficient (Wildman–Crippen LogP) is 6.43. The van der Waals surface area contributed by atoms with E-state index in [2.05, 4.69) is 29.7 Å². The van der Waals surface area contributed by atoms with E-state index in [4.69, 9.17) is 19.2 Å². The molecule has 170 valence electrons. The Bertz CT molecular complexity index is 1230. The molecule has 1 heterocycles. The third kappa shape index (κ3) is 5.55. The van der Waals surface area contributed by atoms with Crippen molar-refractivity contribution in [2.24, 2.45) is 0 Å². The zero-order valence-corrected chi connectivity index (χ0v) is 19.5. The van der Waals surface area contributed by atoms with Gasteiger partial charge < -0.3 is 18.8 Å². The second-order valence-electron chi connectivity index (χ2n) is 7.88. The minimum Gasteiger partial charge on any atom is -0.494 e. The van der Waals surface area contributed by atoms with Crippen LogP contribution in [0.2, 0.25) is 0 Å². The molecule has 33 heavy (non-hydrogen) atoms. The van der Waals surface area contributed by atoms with Crippen molar-refractivity contribution >= 4 is 17.1 Å². The summed E-state index contributed by atoms with van der Waals surface area (Å²) in [5.74, 6) is 3.19. The maximum absolute atomic E-state index is 6.14. The number of imidazole rings is 1. The highest BCUT2D eigenvalue weighted by molar-refractivity contribution is 5.75. The number of nitrogens with zero attached hydrogens (tertiary/aromatic N) is 2. The van der Waals surface area contributed by atoms with Gasteiger partial charge in [-0.3, -0.25) is 0 Å². The summed E-state index contributed by atoms with van der Waals surface area (Å²) in [6, 6.07) is 22.3. The SMILES string of the molecule is C/C=C\c1ccc(OCc2nc3ccccc3n2CCCOc2ccc(C)cc2)c(OC)c1. The molecule has 0 atom stereocenters. The molecule has 3 aromatic carbocycles. The van der Waals surface area contributed by atoms with Crippen molar-refractivity contribution in [1.29, 1.82) is 0 Å². The van der Waals surface area contributed by atoms with Crippen LogP contribution in [0.25, 0.3) is 17.1 Å². The first-order chi connectivity index (χ1) is 16.2. The van der Waals surface area contributed by atoms with Gasteiger partial charge >= 0.3 is 0 Å². The van der Waals surface area contributed by atoms with Gasteiger partial charge in [-0.1, -0.05) is 48.0 Å². The van der Waals surface area contributed by atoms with Crippen LogP contribution in [0, 0.1) is 6.92 Å². The van der Waals surface area contributed by atoms with Crippen molar-refractivity contribution in [2.45, 2.75) is 33.4 Å². The van der Waals surface area contributed by atoms with Crippen molar-refractivity contribution in [3.05, 3.63) is 89.8 Å². The first kappa shape index (κ1) is 22.5. The van der Waals surface area contributed by atoms with Crippen LogP contribution in [0.15, 0.2) is 72.8 Å². The van der Waals surface area contributed by atoms with Gasteiger partial charge in [-0.25, -0.2) is 4.98 Å². The van der Waals surface area contributed by atoms with E-state index in [1.54, 1.807) is 7.11 Å². The summed E-state index contributed by atoms with van der Waals surface area (Å²) in [4.78, 5) is 4.82. The van der Waals surface area contributed by atoms with Crippen molar-refractivity contribution in [2.75, 3.05) is 13.7 Å². The summed E-state index contributed by atoms with van der Waals surface area (Å²) in [7, 11) is 1.66. The molecule has 0 N–H and O–H groups in total. The second-order valence-corrected chi connectivity index (χ2v) is 7.88. The maximum atomic E-state index is 6.14. The van der Waals surface area contributed by atoms with Crippen LogP contribution in [-0.2, 0) is 13.2 Å². The van der Waals surface area contributed by atoms with E-state index in [0.29, 0.717) is 24.7 Å². The molecule has 5 heteroatoms. The number of aryl methyl sites for hydroxylation is 2. The molecule has 0 unspecified atom stereocenters. The number of benzene rings is 3. The Morgan fingerprint density at radius 3 is 2.55 bits per heavy atom. The lowest BCUT2D eigenvalue weighted by Crippen LogP contribution is -2.10. The van der Waals surface area contributed by atoms with Gasteiger partial charge in [0.15, 0.2) is 11.5 Å². The van der Waals surface area contributed by atoms with E-state index < -0.39 is 0 Å². The predicted molar refractivity (Wildman–Crippen MR) is 133 cm³/mol. The number of allylic oxidation sites excluding steroid dienone is 1. The Balaban J connectivity index is 1.46. The Kier molecular flexibility index (Phi) is 7.30. The monoisotopic (exact) mass is 442 g/mol. The third-order valence-electron chi connectivity index (χ3n) is 5.45. The van der Waals surface area contributed by atoms with Crippen molar-refractivity contribution < 1.29 is 14.2 Å². The summed E-state index contributed by atoms with van der Waals surface area (Å²) < 4.78 is 19.8. The van der Waals surface area contributed by atoms with Gasteiger partial charge in [-0.05, 0) is 62.2 Å². The van der Waals surface area contributed by atoms with Gasteiger partial charge in [0.05, 0.1) is 24.8 Å². The number of ether oxygens (including phenoxy) is 3. The van der Waals surface area contributed by atoms with Gasteiger partial charge in [0.25, 0.3) is 0 Å². The molecule has 4 aromatic rings. The highest BCUT2D eigenvalue weighted by atomic mass is 16.5. The normalized spacial score (nSPS) is 11.2. The van der Waals surface area contributed by atoms with E-state index >= 15 is 0 Å². The van der Waals surface area contributed by atoms with E-state index in [1.807, 2.05) is 67.6 Å². The molecule has 1 aromatic heterocycles. The van der Waals surface area contributed by atoms with Crippen molar-refractivity contribution in [3.8, 4) is 17.2 Å². The lowest BCUT2D eigenvalue weighted by Gasteiger charge is -2.13. The molecule has 5 nitrogen and oxygen atoms in total. The quantitative estimate of drug-likeness (QED) is 0.265. The van der Waals surface area contributed by atoms with Crippen LogP contribution in [0.1, 0.15) is 30.3 Å². The molecular weight excluding hydrogens is 412 g/mol. The zero-order valence-electron chi connectivity index (χ0n) is 19.5. The summed E-state index contributed by atoms with van der Waals surface area (Å²) in [5, 5.41) is 0. The Hall–Kier alpha value is -3.73. The molecule has 0 aliphatic carbocycles. The molecule has 0 saturated heterocycles. The van der Waals surface area contributed by atoms with Gasteiger partial charge in [-0.2, -0.15) is 0 Å². The molecule has 0 aliphatic heterocycles. The number of para-hydroxylation sites is 2. The molecule has 0 saturated carbocycles. The summed E-state index contributed by atoms with van der Waals surface area (Å²) in [6.07, 6.45) is 4.90. The highest BCUT2D eigenvalue weighted by Crippen LogP contribution is 2.29. The minimum atomic E-state index is 0.354. The summed E-state index contributed by atoms with van der Waals surface area (Å²) in [6.45, 7) is 5.85. The molecule has 0 bridgehead atoms. The molecule has 0 aliphatic rings. The second kappa shape index (κ2) is 10.7. The van der Waals surface area contributed by atoms with Gasteiger partial charge in [0.1, 0.15) is 18.2 Å². The average molecular weight is 443 g/mol.